The topological polar surface area (TPSA) is 151 Å². The summed E-state index contributed by atoms with van der Waals surface area (Å²) < 4.78 is 16.3. The number of hydrogen-bond donors (Lipinski definition) is 2. The predicted molar refractivity (Wildman–Crippen MR) is 137 cm³/mol. The van der Waals surface area contributed by atoms with Gasteiger partial charge in [-0.15, -0.1) is 12.6 Å². The quantitative estimate of drug-likeness (QED) is 0.0858. The molecule has 1 N–H and O–H groups in total. The third kappa shape index (κ3) is 7.33. The van der Waals surface area contributed by atoms with E-state index in [4.69, 9.17) is 14.2 Å². The van der Waals surface area contributed by atoms with Crippen molar-refractivity contribution in [2.75, 3.05) is 12.9 Å². The number of carboxylic acids is 1. The second-order valence-electron chi connectivity index (χ2n) is 7.60. The summed E-state index contributed by atoms with van der Waals surface area (Å²) in [6, 6.07) is 11.2. The van der Waals surface area contributed by atoms with Crippen LogP contribution in [0.15, 0.2) is 52.5 Å². The Morgan fingerprint density at radius 2 is 1.84 bits per heavy atom. The number of thiol groups is 1. The van der Waals surface area contributed by atoms with Crippen LogP contribution in [-0.2, 0) is 16.0 Å². The summed E-state index contributed by atoms with van der Waals surface area (Å²) in [4.78, 5) is 44.2. The van der Waals surface area contributed by atoms with Crippen molar-refractivity contribution in [1.82, 2.24) is 9.97 Å². The van der Waals surface area contributed by atoms with Gasteiger partial charge in [0.2, 0.25) is 6.10 Å². The van der Waals surface area contributed by atoms with Gasteiger partial charge < -0.3 is 19.3 Å². The minimum Gasteiger partial charge on any atom is -0.478 e. The molecule has 194 valence electrons. The van der Waals surface area contributed by atoms with Crippen LogP contribution in [0, 0.1) is 17.0 Å². The Kier molecular flexibility index (Phi) is 9.31. The summed E-state index contributed by atoms with van der Waals surface area (Å²) in [7, 11) is 0. The number of nitro groups is 1. The molecule has 0 aliphatic heterocycles. The van der Waals surface area contributed by atoms with Gasteiger partial charge in [0, 0.05) is 11.3 Å². The van der Waals surface area contributed by atoms with E-state index in [1.165, 1.54) is 6.07 Å². The number of aryl methyl sites for hydroxylation is 1. The molecule has 13 heteroatoms. The molecule has 0 radical (unpaired) electrons. The summed E-state index contributed by atoms with van der Waals surface area (Å²) in [5, 5.41) is 21.8. The highest BCUT2D eigenvalue weighted by molar-refractivity contribution is 7.98. The van der Waals surface area contributed by atoms with E-state index in [2.05, 4.69) is 22.6 Å². The predicted octanol–water partition coefficient (Wildman–Crippen LogP) is 4.75. The molecule has 3 rings (SSSR count). The molecule has 2 aromatic carbocycles. The number of carbonyl (C=O) groups excluding carboxylic acids is 1. The Hall–Kier alpha value is -3.84. The maximum atomic E-state index is 12.2. The monoisotopic (exact) mass is 545 g/mol. The van der Waals surface area contributed by atoms with Crippen LogP contribution in [0.5, 0.6) is 17.5 Å². The van der Waals surface area contributed by atoms with Gasteiger partial charge in [0.15, 0.2) is 5.16 Å². The van der Waals surface area contributed by atoms with Gasteiger partial charge in [0.1, 0.15) is 5.75 Å². The number of rotatable bonds is 11. The molecule has 1 atom stereocenters. The molecule has 3 aromatic rings. The molecule has 0 aliphatic carbocycles. The zero-order chi connectivity index (χ0) is 27.1. The van der Waals surface area contributed by atoms with Crippen molar-refractivity contribution in [1.29, 1.82) is 0 Å². The zero-order valence-electron chi connectivity index (χ0n) is 20.0. The van der Waals surface area contributed by atoms with Crippen LogP contribution in [0.2, 0.25) is 0 Å². The van der Waals surface area contributed by atoms with Crippen LogP contribution in [0.25, 0.3) is 0 Å². The van der Waals surface area contributed by atoms with E-state index in [0.717, 1.165) is 11.8 Å². The molecule has 0 bridgehead atoms. The lowest BCUT2D eigenvalue weighted by atomic mass is 10.1. The molecule has 37 heavy (non-hydrogen) atoms. The second-order valence-corrected chi connectivity index (χ2v) is 8.89. The van der Waals surface area contributed by atoms with Crippen LogP contribution < -0.4 is 9.47 Å². The number of benzene rings is 2. The fourth-order valence-electron chi connectivity index (χ4n) is 3.21. The van der Waals surface area contributed by atoms with E-state index in [9.17, 15) is 24.8 Å². The third-order valence-corrected chi connectivity index (χ3v) is 5.67. The van der Waals surface area contributed by atoms with Crippen molar-refractivity contribution >= 4 is 42.0 Å². The van der Waals surface area contributed by atoms with E-state index < -0.39 is 40.4 Å². The van der Waals surface area contributed by atoms with Crippen LogP contribution >= 0.6 is 24.4 Å². The van der Waals surface area contributed by atoms with Gasteiger partial charge in [-0.2, -0.15) is 9.97 Å². The summed E-state index contributed by atoms with van der Waals surface area (Å²) in [6.07, 6.45) is 0.0562. The first kappa shape index (κ1) is 27.7. The highest BCUT2D eigenvalue weighted by Gasteiger charge is 2.32. The molecule has 1 unspecified atom stereocenters. The molecule has 1 aromatic heterocycles. The van der Waals surface area contributed by atoms with E-state index in [1.54, 1.807) is 56.5 Å². The lowest BCUT2D eigenvalue weighted by molar-refractivity contribution is -0.387. The Morgan fingerprint density at radius 3 is 2.43 bits per heavy atom. The van der Waals surface area contributed by atoms with Crippen molar-refractivity contribution < 1.29 is 33.8 Å². The Bertz CT molecular complexity index is 1320. The first-order valence-electron chi connectivity index (χ1n) is 10.9. The Morgan fingerprint density at radius 1 is 1.16 bits per heavy atom. The van der Waals surface area contributed by atoms with E-state index in [0.29, 0.717) is 16.0 Å². The number of carbonyl (C=O) groups is 2. The number of aliphatic carboxylic acids is 1. The van der Waals surface area contributed by atoms with Crippen LogP contribution in [0.4, 0.5) is 5.69 Å². The summed E-state index contributed by atoms with van der Waals surface area (Å²) in [6.45, 7) is 3.55. The molecular weight excluding hydrogens is 522 g/mol. The van der Waals surface area contributed by atoms with Crippen molar-refractivity contribution in [3.8, 4) is 17.5 Å². The van der Waals surface area contributed by atoms with Crippen LogP contribution in [0.3, 0.4) is 0 Å². The minimum atomic E-state index is -1.49. The maximum absolute atomic E-state index is 12.2. The molecule has 0 spiro atoms. The average molecular weight is 546 g/mol. The van der Waals surface area contributed by atoms with E-state index in [1.807, 2.05) is 0 Å². The second kappa shape index (κ2) is 12.4. The molecule has 0 saturated heterocycles. The standard InChI is InChI=1S/C24H23N3O8S2/c1-4-33-23(30)15-9-13(2)10-16(12-15)34-20-19(27(31)32)21(26-24(25-20)37-3)35-18(22(28)29)11-14-5-7-17(36)8-6-14/h5-10,12,18,36H,4,11H2,1-3H3,(H,28,29). The van der Waals surface area contributed by atoms with Crippen LogP contribution in [0.1, 0.15) is 28.4 Å². The molecule has 1 heterocycles. The van der Waals surface area contributed by atoms with Gasteiger partial charge in [-0.1, -0.05) is 23.9 Å². The van der Waals surface area contributed by atoms with Gasteiger partial charge in [0.05, 0.1) is 17.1 Å². The van der Waals surface area contributed by atoms with Crippen molar-refractivity contribution in [2.24, 2.45) is 0 Å². The lowest BCUT2D eigenvalue weighted by Gasteiger charge is -2.16. The largest absolute Gasteiger partial charge is 0.478 e. The lowest BCUT2D eigenvalue weighted by Crippen LogP contribution is -2.30. The Balaban J connectivity index is 2.02. The van der Waals surface area contributed by atoms with Gasteiger partial charge >= 0.3 is 29.4 Å². The number of carboxylic acid groups (broad SMARTS) is 1. The first-order chi connectivity index (χ1) is 17.6. The fourth-order valence-corrected chi connectivity index (χ4v) is 3.71. The number of nitrogens with zero attached hydrogens (tertiary/aromatic N) is 3. The molecule has 0 aliphatic rings. The van der Waals surface area contributed by atoms with Gasteiger partial charge in [-0.05, 0) is 61.6 Å². The number of aromatic nitrogens is 2. The Labute approximate surface area is 221 Å². The summed E-state index contributed by atoms with van der Waals surface area (Å²) in [5.74, 6) is -2.87. The molecule has 11 nitrogen and oxygen atoms in total. The highest BCUT2D eigenvalue weighted by atomic mass is 32.2. The van der Waals surface area contributed by atoms with E-state index in [-0.39, 0.29) is 29.5 Å². The summed E-state index contributed by atoms with van der Waals surface area (Å²) >= 11 is 5.26. The maximum Gasteiger partial charge on any atom is 0.392 e. The molecule has 0 saturated carbocycles. The van der Waals surface area contributed by atoms with Crippen molar-refractivity contribution in [3.63, 3.8) is 0 Å². The normalized spacial score (nSPS) is 11.5. The molecule has 0 fully saturated rings. The fraction of sp³-hybridized carbons (Fsp3) is 0.250. The molecular formula is C24H23N3O8S2. The zero-order valence-corrected chi connectivity index (χ0v) is 21.7. The number of esters is 1. The number of hydrogen-bond acceptors (Lipinski definition) is 11. The molecule has 0 amide bonds. The van der Waals surface area contributed by atoms with Crippen molar-refractivity contribution in [2.45, 2.75) is 36.4 Å². The average Bonchev–Trinajstić information content (AvgIpc) is 2.84. The van der Waals surface area contributed by atoms with Crippen LogP contribution in [-0.4, -0.2) is 50.9 Å². The van der Waals surface area contributed by atoms with Gasteiger partial charge in [-0.25, -0.2) is 9.59 Å². The SMILES string of the molecule is CCOC(=O)c1cc(C)cc(Oc2nc(SC)nc(OC(Cc3ccc(S)cc3)C(=O)O)c2[N+](=O)[O-])c1. The third-order valence-electron chi connectivity index (χ3n) is 4.83. The number of ether oxygens (including phenoxy) is 3. The van der Waals surface area contributed by atoms with Crippen molar-refractivity contribution in [3.05, 3.63) is 69.3 Å². The van der Waals surface area contributed by atoms with E-state index >= 15 is 0 Å². The summed E-state index contributed by atoms with van der Waals surface area (Å²) in [5.41, 5.74) is 0.689. The van der Waals surface area contributed by atoms with Gasteiger partial charge in [-0.3, -0.25) is 10.1 Å². The highest BCUT2D eigenvalue weighted by Crippen LogP contribution is 2.39. The van der Waals surface area contributed by atoms with Gasteiger partial charge in [0.25, 0.3) is 0 Å². The first-order valence-corrected chi connectivity index (χ1v) is 12.5. The minimum absolute atomic E-state index is 0.0532. The smallest absolute Gasteiger partial charge is 0.392 e. The number of thioether (sulfide) groups is 1.